The van der Waals surface area contributed by atoms with Crippen LogP contribution in [0.2, 0.25) is 0 Å². The standard InChI is InChI=1S/C13H20N2O3S/c1-9-7-12(18-3)13(8-11(9)14)19(16,17)15-6-4-5-10(15)2/h7-8,10H,4-6,14H2,1-3H3. The largest absolute Gasteiger partial charge is 0.495 e. The number of sulfonamides is 1. The highest BCUT2D eigenvalue weighted by molar-refractivity contribution is 7.89. The molecule has 106 valence electrons. The van der Waals surface area contributed by atoms with Crippen LogP contribution in [0.5, 0.6) is 5.75 Å². The minimum atomic E-state index is -3.54. The van der Waals surface area contributed by atoms with E-state index in [1.54, 1.807) is 6.07 Å². The Labute approximate surface area is 114 Å². The number of aryl methyl sites for hydroxylation is 1. The molecule has 0 bridgehead atoms. The van der Waals surface area contributed by atoms with Gasteiger partial charge < -0.3 is 10.5 Å². The zero-order chi connectivity index (χ0) is 14.2. The topological polar surface area (TPSA) is 72.6 Å². The van der Waals surface area contributed by atoms with Crippen LogP contribution in [0.4, 0.5) is 5.69 Å². The van der Waals surface area contributed by atoms with E-state index >= 15 is 0 Å². The van der Waals surface area contributed by atoms with Crippen LogP contribution in [-0.4, -0.2) is 32.4 Å². The van der Waals surface area contributed by atoms with Crippen molar-refractivity contribution in [1.29, 1.82) is 0 Å². The monoisotopic (exact) mass is 284 g/mol. The third-order valence-electron chi connectivity index (χ3n) is 3.63. The van der Waals surface area contributed by atoms with Crippen LogP contribution in [0.15, 0.2) is 17.0 Å². The van der Waals surface area contributed by atoms with E-state index in [0.717, 1.165) is 18.4 Å². The predicted molar refractivity (Wildman–Crippen MR) is 74.7 cm³/mol. The van der Waals surface area contributed by atoms with Crippen LogP contribution in [-0.2, 0) is 10.0 Å². The fourth-order valence-corrected chi connectivity index (χ4v) is 4.30. The lowest BCUT2D eigenvalue weighted by Gasteiger charge is -2.22. The molecule has 2 rings (SSSR count). The van der Waals surface area contributed by atoms with Crippen molar-refractivity contribution in [1.82, 2.24) is 4.31 Å². The van der Waals surface area contributed by atoms with Crippen molar-refractivity contribution < 1.29 is 13.2 Å². The second kappa shape index (κ2) is 5.02. The van der Waals surface area contributed by atoms with E-state index in [2.05, 4.69) is 0 Å². The van der Waals surface area contributed by atoms with Crippen molar-refractivity contribution in [3.05, 3.63) is 17.7 Å². The maximum Gasteiger partial charge on any atom is 0.247 e. The predicted octanol–water partition coefficient (Wildman–Crippen LogP) is 1.76. The van der Waals surface area contributed by atoms with Crippen LogP contribution in [0.25, 0.3) is 0 Å². The maximum absolute atomic E-state index is 12.7. The molecule has 6 heteroatoms. The summed E-state index contributed by atoms with van der Waals surface area (Å²) in [4.78, 5) is 0.159. The molecule has 0 saturated carbocycles. The molecule has 19 heavy (non-hydrogen) atoms. The number of rotatable bonds is 3. The normalized spacial score (nSPS) is 20.7. The summed E-state index contributed by atoms with van der Waals surface area (Å²) in [6.45, 7) is 4.31. The number of anilines is 1. The van der Waals surface area contributed by atoms with E-state index in [4.69, 9.17) is 10.5 Å². The van der Waals surface area contributed by atoms with E-state index < -0.39 is 10.0 Å². The highest BCUT2D eigenvalue weighted by Crippen LogP contribution is 2.34. The molecule has 1 aromatic carbocycles. The highest BCUT2D eigenvalue weighted by atomic mass is 32.2. The lowest BCUT2D eigenvalue weighted by molar-refractivity contribution is 0.386. The third-order valence-corrected chi connectivity index (χ3v) is 5.67. The van der Waals surface area contributed by atoms with Crippen molar-refractivity contribution in [2.45, 2.75) is 37.6 Å². The molecule has 5 nitrogen and oxygen atoms in total. The van der Waals surface area contributed by atoms with E-state index in [1.807, 2.05) is 13.8 Å². The average molecular weight is 284 g/mol. The summed E-state index contributed by atoms with van der Waals surface area (Å²) < 4.78 is 32.1. The van der Waals surface area contributed by atoms with Crippen molar-refractivity contribution >= 4 is 15.7 Å². The Bertz CT molecular complexity index is 584. The first-order valence-electron chi connectivity index (χ1n) is 6.34. The SMILES string of the molecule is COc1cc(C)c(N)cc1S(=O)(=O)N1CCCC1C. The molecular formula is C13H20N2O3S. The molecule has 1 heterocycles. The number of methoxy groups -OCH3 is 1. The van der Waals surface area contributed by atoms with Gasteiger partial charge in [-0.05, 0) is 44.4 Å². The Balaban J connectivity index is 2.54. The number of nitrogens with two attached hydrogens (primary N) is 1. The van der Waals surface area contributed by atoms with Gasteiger partial charge in [0, 0.05) is 18.3 Å². The van der Waals surface area contributed by atoms with Crippen LogP contribution in [0.3, 0.4) is 0 Å². The van der Waals surface area contributed by atoms with Gasteiger partial charge in [0.1, 0.15) is 10.6 Å². The Morgan fingerprint density at radius 3 is 2.63 bits per heavy atom. The Kier molecular flexibility index (Phi) is 3.73. The first kappa shape index (κ1) is 14.1. The van der Waals surface area contributed by atoms with Gasteiger partial charge in [-0.3, -0.25) is 0 Å². The molecule has 0 spiro atoms. The maximum atomic E-state index is 12.7. The molecule has 1 atom stereocenters. The number of ether oxygens (including phenoxy) is 1. The number of hydrogen-bond donors (Lipinski definition) is 1. The van der Waals surface area contributed by atoms with Crippen LogP contribution in [0, 0.1) is 6.92 Å². The smallest absolute Gasteiger partial charge is 0.247 e. The van der Waals surface area contributed by atoms with Crippen molar-refractivity contribution in [2.24, 2.45) is 0 Å². The van der Waals surface area contributed by atoms with Gasteiger partial charge in [0.2, 0.25) is 10.0 Å². The molecule has 1 unspecified atom stereocenters. The molecule has 1 aliphatic rings. The number of nitrogens with zero attached hydrogens (tertiary/aromatic N) is 1. The van der Waals surface area contributed by atoms with E-state index in [-0.39, 0.29) is 10.9 Å². The summed E-state index contributed by atoms with van der Waals surface area (Å²) in [5.74, 6) is 0.353. The molecule has 1 aromatic rings. The van der Waals surface area contributed by atoms with E-state index in [1.165, 1.54) is 17.5 Å². The Morgan fingerprint density at radius 1 is 1.42 bits per heavy atom. The van der Waals surface area contributed by atoms with Gasteiger partial charge >= 0.3 is 0 Å². The van der Waals surface area contributed by atoms with Gasteiger partial charge in [-0.25, -0.2) is 8.42 Å². The fourth-order valence-electron chi connectivity index (χ4n) is 2.43. The number of nitrogen functional groups attached to an aromatic ring is 1. The summed E-state index contributed by atoms with van der Waals surface area (Å²) in [7, 11) is -2.07. The fraction of sp³-hybridized carbons (Fsp3) is 0.538. The summed E-state index contributed by atoms with van der Waals surface area (Å²) >= 11 is 0. The Morgan fingerprint density at radius 2 is 2.11 bits per heavy atom. The molecule has 0 aromatic heterocycles. The van der Waals surface area contributed by atoms with Gasteiger partial charge in [0.15, 0.2) is 0 Å². The molecule has 1 saturated heterocycles. The second-order valence-electron chi connectivity index (χ2n) is 4.97. The van der Waals surface area contributed by atoms with Crippen LogP contribution in [0.1, 0.15) is 25.3 Å². The zero-order valence-corrected chi connectivity index (χ0v) is 12.3. The summed E-state index contributed by atoms with van der Waals surface area (Å²) in [5, 5.41) is 0. The quantitative estimate of drug-likeness (QED) is 0.858. The van der Waals surface area contributed by atoms with Crippen LogP contribution >= 0.6 is 0 Å². The van der Waals surface area contributed by atoms with E-state index in [9.17, 15) is 8.42 Å². The van der Waals surface area contributed by atoms with Gasteiger partial charge in [-0.1, -0.05) is 0 Å². The molecule has 0 radical (unpaired) electrons. The number of hydrogen-bond acceptors (Lipinski definition) is 4. The lowest BCUT2D eigenvalue weighted by atomic mass is 10.2. The molecule has 1 fully saturated rings. The molecule has 0 amide bonds. The van der Waals surface area contributed by atoms with Gasteiger partial charge in [-0.15, -0.1) is 0 Å². The highest BCUT2D eigenvalue weighted by Gasteiger charge is 2.34. The molecule has 0 aliphatic carbocycles. The van der Waals surface area contributed by atoms with Crippen molar-refractivity contribution in [3.63, 3.8) is 0 Å². The second-order valence-corrected chi connectivity index (χ2v) is 6.83. The molecule has 1 aliphatic heterocycles. The van der Waals surface area contributed by atoms with Crippen molar-refractivity contribution in [2.75, 3.05) is 19.4 Å². The van der Waals surface area contributed by atoms with E-state index in [0.29, 0.717) is 18.0 Å². The summed E-state index contributed by atoms with van der Waals surface area (Å²) in [6.07, 6.45) is 1.78. The molecule has 2 N–H and O–H groups in total. The summed E-state index contributed by atoms with van der Waals surface area (Å²) in [6, 6.07) is 3.19. The zero-order valence-electron chi connectivity index (χ0n) is 11.5. The van der Waals surface area contributed by atoms with Gasteiger partial charge in [0.25, 0.3) is 0 Å². The lowest BCUT2D eigenvalue weighted by Crippen LogP contribution is -2.34. The first-order chi connectivity index (χ1) is 8.87. The minimum absolute atomic E-state index is 0.0252. The number of benzene rings is 1. The average Bonchev–Trinajstić information content (AvgIpc) is 2.79. The Hall–Kier alpha value is -1.27. The third kappa shape index (κ3) is 2.42. The van der Waals surface area contributed by atoms with Crippen molar-refractivity contribution in [3.8, 4) is 5.75 Å². The minimum Gasteiger partial charge on any atom is -0.495 e. The molecular weight excluding hydrogens is 264 g/mol. The summed E-state index contributed by atoms with van der Waals surface area (Å²) in [5.41, 5.74) is 7.11. The first-order valence-corrected chi connectivity index (χ1v) is 7.78. The van der Waals surface area contributed by atoms with Crippen LogP contribution < -0.4 is 10.5 Å². The van der Waals surface area contributed by atoms with Gasteiger partial charge in [0.05, 0.1) is 7.11 Å². The van der Waals surface area contributed by atoms with Gasteiger partial charge in [-0.2, -0.15) is 4.31 Å².